The molecule has 368 valence electrons. The van der Waals surface area contributed by atoms with Gasteiger partial charge < -0.3 is 37.2 Å². The molecule has 0 nitrogen and oxygen atoms in total. The predicted octanol–water partition coefficient (Wildman–Crippen LogP) is 5.57. The maximum atomic E-state index is 4.39. The number of rotatable bonds is 16. The minimum Gasteiger partial charge on any atom is -1.00 e. The quantitative estimate of drug-likeness (QED) is 0.0676. The monoisotopic (exact) mass is 1070 g/mol. The van der Waals surface area contributed by atoms with Crippen LogP contribution in [0.15, 0.2) is 253 Å². The van der Waals surface area contributed by atoms with Crippen LogP contribution >= 0.6 is 0 Å². The molecule has 0 saturated carbocycles. The van der Waals surface area contributed by atoms with Crippen LogP contribution in [0.5, 0.6) is 0 Å². The summed E-state index contributed by atoms with van der Waals surface area (Å²) in [4.78, 5) is 0. The Morgan fingerprint density at radius 2 is 0.514 bits per heavy atom. The zero-order chi connectivity index (χ0) is 47.9. The molecular formula is C69H63Cl3SiTi. The molecule has 0 bridgehead atoms. The van der Waals surface area contributed by atoms with Crippen LogP contribution in [-0.4, -0.2) is 8.07 Å². The van der Waals surface area contributed by atoms with Crippen molar-refractivity contribution < 1.29 is 58.9 Å². The number of allylic oxidation sites excluding steroid dienone is 4. The van der Waals surface area contributed by atoms with Gasteiger partial charge in [0.15, 0.2) is 0 Å². The van der Waals surface area contributed by atoms with Crippen LogP contribution in [0.2, 0.25) is 5.04 Å². The topological polar surface area (TPSA) is 0 Å². The third-order valence-electron chi connectivity index (χ3n) is 15.0. The summed E-state index contributed by atoms with van der Waals surface area (Å²) in [5.41, 5.74) is 20.1. The van der Waals surface area contributed by atoms with Gasteiger partial charge in [-0.2, -0.15) is 11.1 Å². The summed E-state index contributed by atoms with van der Waals surface area (Å²) in [6.07, 6.45) is 9.50. The van der Waals surface area contributed by atoms with Crippen molar-refractivity contribution in [2.45, 2.75) is 71.3 Å². The normalized spacial score (nSPS) is 13.9. The molecule has 0 aliphatic heterocycles. The van der Waals surface area contributed by atoms with Gasteiger partial charge in [0, 0.05) is 0 Å². The molecule has 0 spiro atoms. The minimum atomic E-state index is -3.34. The molecule has 1 atom stereocenters. The smallest absolute Gasteiger partial charge is 1.00 e. The van der Waals surface area contributed by atoms with Crippen LogP contribution in [0.1, 0.15) is 94.5 Å². The maximum Gasteiger partial charge on any atom is 4.00 e. The molecule has 0 radical (unpaired) electrons. The molecule has 0 saturated heterocycles. The molecule has 0 aromatic heterocycles. The van der Waals surface area contributed by atoms with E-state index in [9.17, 15) is 0 Å². The molecule has 10 rings (SSSR count). The van der Waals surface area contributed by atoms with Crippen LogP contribution in [0, 0.1) is 6.08 Å². The summed E-state index contributed by atoms with van der Waals surface area (Å²) in [6, 6.07) is 89.7. The van der Waals surface area contributed by atoms with E-state index < -0.39 is 13.1 Å². The van der Waals surface area contributed by atoms with E-state index >= 15 is 0 Å². The van der Waals surface area contributed by atoms with Crippen molar-refractivity contribution in [3.63, 3.8) is 0 Å². The van der Waals surface area contributed by atoms with Crippen LogP contribution in [-0.2, 0) is 60.2 Å². The molecule has 9 aromatic carbocycles. The summed E-state index contributed by atoms with van der Waals surface area (Å²) >= 11 is 0. The van der Waals surface area contributed by atoms with Crippen LogP contribution in [0.25, 0.3) is 0 Å². The average Bonchev–Trinajstić information content (AvgIpc) is 3.57. The van der Waals surface area contributed by atoms with Gasteiger partial charge in [0.1, 0.15) is 8.07 Å². The predicted molar refractivity (Wildman–Crippen MR) is 299 cm³/mol. The van der Waals surface area contributed by atoms with Crippen molar-refractivity contribution in [1.82, 2.24) is 0 Å². The van der Waals surface area contributed by atoms with E-state index in [1.165, 1.54) is 99.0 Å². The first-order valence-corrected chi connectivity index (χ1v) is 27.2. The van der Waals surface area contributed by atoms with Gasteiger partial charge in [0.2, 0.25) is 0 Å². The molecule has 74 heavy (non-hydrogen) atoms. The van der Waals surface area contributed by atoms with Crippen molar-refractivity contribution in [3.05, 3.63) is 326 Å². The molecular weight excluding hydrogens is 1010 g/mol. The molecule has 1 aliphatic rings. The molecule has 0 heterocycles. The zero-order valence-electron chi connectivity index (χ0n) is 42.9. The average molecular weight is 1070 g/mol. The second-order valence-corrected chi connectivity index (χ2v) is 24.2. The number of halogens is 3. The molecule has 0 amide bonds. The Hall–Kier alpha value is -5.74. The minimum absolute atomic E-state index is 0. The standard InChI is InChI=1S/C69H63Si.3ClH.Ti/c1-51-50-69(4,53(3)52(51)2)70(66-44-60(35-54-23-11-5-12-24-54)41-61(45-66)36-55-25-13-6-14-26-55,67-46-62(37-56-27-15-7-16-28-56)42-63(47-67)38-57-29-17-8-18-30-57)68-48-64(39-58-31-19-9-20-32-58)43-65(49-68)40-59-33-21-10-22-34-59;;;;/h5-34,41-49H,35-40H2,1-4H3;3*1H;/q-1;;;;+4/p-3. The van der Waals surface area contributed by atoms with Gasteiger partial charge in [-0.1, -0.05) is 262 Å². The summed E-state index contributed by atoms with van der Waals surface area (Å²) in [7, 11) is -3.34. The fraction of sp³-hybridized carbons (Fsp3) is 0.159. The van der Waals surface area contributed by atoms with Crippen molar-refractivity contribution in [1.29, 1.82) is 0 Å². The summed E-state index contributed by atoms with van der Waals surface area (Å²) < 4.78 is 0. The van der Waals surface area contributed by atoms with E-state index in [0.717, 1.165) is 38.5 Å². The Kier molecular flexibility index (Phi) is 20.3. The third kappa shape index (κ3) is 12.8. The van der Waals surface area contributed by atoms with E-state index in [4.69, 9.17) is 0 Å². The number of benzene rings is 9. The Balaban J connectivity index is 0.00000223. The van der Waals surface area contributed by atoms with Crippen LogP contribution in [0.4, 0.5) is 0 Å². The molecule has 1 aliphatic carbocycles. The van der Waals surface area contributed by atoms with E-state index in [-0.39, 0.29) is 58.9 Å². The molecule has 0 N–H and O–H groups in total. The van der Waals surface area contributed by atoms with E-state index in [2.05, 4.69) is 270 Å². The van der Waals surface area contributed by atoms with E-state index in [0.29, 0.717) is 0 Å². The van der Waals surface area contributed by atoms with Gasteiger partial charge in [-0.25, -0.2) is 5.57 Å². The largest absolute Gasteiger partial charge is 4.00 e. The molecule has 9 aromatic rings. The van der Waals surface area contributed by atoms with Gasteiger partial charge in [-0.15, -0.1) is 6.92 Å². The molecule has 0 fully saturated rings. The second-order valence-electron chi connectivity index (χ2n) is 20.0. The fourth-order valence-corrected chi connectivity index (χ4v) is 17.8. The Morgan fingerprint density at radius 3 is 0.689 bits per heavy atom. The second kappa shape index (κ2) is 26.2. The van der Waals surface area contributed by atoms with Crippen LogP contribution < -0.4 is 52.8 Å². The van der Waals surface area contributed by atoms with Gasteiger partial charge in [-0.3, -0.25) is 6.08 Å². The Morgan fingerprint density at radius 1 is 0.311 bits per heavy atom. The van der Waals surface area contributed by atoms with Gasteiger partial charge >= 0.3 is 21.7 Å². The Bertz CT molecular complexity index is 2790. The zero-order valence-corrected chi connectivity index (χ0v) is 47.7. The first kappa shape index (κ1) is 57.5. The SMILES string of the molecule is CC1=[C-]C(C)([Si](c2cc(Cc3ccccc3)cc(Cc3ccccc3)c2)(c2cc(Cc3ccccc3)cc(Cc3ccccc3)c2)c2cc(Cc3ccccc3)cc(Cc3ccccc3)c2)C(C)=C1C.[Cl-].[Cl-].[Cl-].[Ti+4]. The number of hydrogen-bond donors (Lipinski definition) is 0. The molecule has 5 heteroatoms. The first-order chi connectivity index (χ1) is 34.2. The van der Waals surface area contributed by atoms with Gasteiger partial charge in [0.25, 0.3) is 0 Å². The van der Waals surface area contributed by atoms with Crippen LogP contribution in [0.3, 0.4) is 0 Å². The summed E-state index contributed by atoms with van der Waals surface area (Å²) in [6.45, 7) is 9.64. The summed E-state index contributed by atoms with van der Waals surface area (Å²) in [5, 5.41) is 3.86. The first-order valence-electron chi connectivity index (χ1n) is 25.2. The van der Waals surface area contributed by atoms with E-state index in [1.54, 1.807) is 0 Å². The van der Waals surface area contributed by atoms with Crippen molar-refractivity contribution in [2.75, 3.05) is 0 Å². The van der Waals surface area contributed by atoms with E-state index in [1.807, 2.05) is 0 Å². The maximum absolute atomic E-state index is 4.39. The number of hydrogen-bond acceptors (Lipinski definition) is 0. The summed E-state index contributed by atoms with van der Waals surface area (Å²) in [5.74, 6) is 0. The van der Waals surface area contributed by atoms with Crippen molar-refractivity contribution in [3.8, 4) is 0 Å². The van der Waals surface area contributed by atoms with Gasteiger partial charge in [-0.05, 0) is 121 Å². The van der Waals surface area contributed by atoms with Gasteiger partial charge in [0.05, 0.1) is 0 Å². The fourth-order valence-electron chi connectivity index (χ4n) is 11.5. The Labute approximate surface area is 476 Å². The van der Waals surface area contributed by atoms with Crippen molar-refractivity contribution >= 4 is 23.6 Å². The third-order valence-corrected chi connectivity index (χ3v) is 20.5. The molecule has 1 unspecified atom stereocenters. The van der Waals surface area contributed by atoms with Crippen molar-refractivity contribution in [2.24, 2.45) is 0 Å².